The van der Waals surface area contributed by atoms with Crippen LogP contribution in [0.1, 0.15) is 30.4 Å². The van der Waals surface area contributed by atoms with Gasteiger partial charge in [0.15, 0.2) is 0 Å². The Kier molecular flexibility index (Phi) is 4.21. The number of amides is 1. The van der Waals surface area contributed by atoms with Crippen LogP contribution in [0.25, 0.3) is 0 Å². The summed E-state index contributed by atoms with van der Waals surface area (Å²) in [5.74, 6) is 0.517. The van der Waals surface area contributed by atoms with Crippen molar-refractivity contribution in [1.82, 2.24) is 9.80 Å². The van der Waals surface area contributed by atoms with Crippen molar-refractivity contribution in [3.63, 3.8) is 0 Å². The number of hydrogen-bond acceptors (Lipinski definition) is 3. The molecule has 0 saturated carbocycles. The van der Waals surface area contributed by atoms with E-state index in [1.165, 1.54) is 0 Å². The smallest absolute Gasteiger partial charge is 0.227 e. The zero-order valence-corrected chi connectivity index (χ0v) is 12.3. The van der Waals surface area contributed by atoms with Gasteiger partial charge in [0.05, 0.1) is 17.6 Å². The van der Waals surface area contributed by atoms with Crippen molar-refractivity contribution in [2.45, 2.75) is 25.8 Å². The minimum atomic E-state index is 0.169. The van der Waals surface area contributed by atoms with Crippen molar-refractivity contribution < 1.29 is 4.79 Å². The van der Waals surface area contributed by atoms with Gasteiger partial charge >= 0.3 is 0 Å². The van der Waals surface area contributed by atoms with Crippen LogP contribution in [0.2, 0.25) is 0 Å². The summed E-state index contributed by atoms with van der Waals surface area (Å²) >= 11 is 0. The third-order valence-corrected chi connectivity index (χ3v) is 4.50. The SMILES string of the molecule is N#Cc1cccc(CN2CCC(C(=O)N3CCCC3)C2)c1. The maximum atomic E-state index is 12.4. The molecule has 2 heterocycles. The van der Waals surface area contributed by atoms with Crippen LogP contribution in [0, 0.1) is 17.2 Å². The van der Waals surface area contributed by atoms with Gasteiger partial charge in [-0.1, -0.05) is 12.1 Å². The van der Waals surface area contributed by atoms with Crippen molar-refractivity contribution in [3.8, 4) is 6.07 Å². The van der Waals surface area contributed by atoms with Crippen LogP contribution < -0.4 is 0 Å². The summed E-state index contributed by atoms with van der Waals surface area (Å²) in [5.41, 5.74) is 1.86. The summed E-state index contributed by atoms with van der Waals surface area (Å²) < 4.78 is 0. The summed E-state index contributed by atoms with van der Waals surface area (Å²) in [4.78, 5) is 16.8. The van der Waals surface area contributed by atoms with Crippen LogP contribution in [-0.4, -0.2) is 41.9 Å². The Bertz CT molecular complexity index is 557. The molecular formula is C17H21N3O. The first-order valence-electron chi connectivity index (χ1n) is 7.76. The Morgan fingerprint density at radius 1 is 1.29 bits per heavy atom. The summed E-state index contributed by atoms with van der Waals surface area (Å²) in [5, 5.41) is 8.95. The van der Waals surface area contributed by atoms with Crippen LogP contribution in [0.5, 0.6) is 0 Å². The molecule has 0 N–H and O–H groups in total. The van der Waals surface area contributed by atoms with Crippen molar-refractivity contribution >= 4 is 5.91 Å². The molecule has 0 bridgehead atoms. The molecule has 1 aromatic carbocycles. The summed E-state index contributed by atoms with van der Waals surface area (Å²) in [6.07, 6.45) is 3.28. The molecule has 21 heavy (non-hydrogen) atoms. The number of likely N-dealkylation sites (tertiary alicyclic amines) is 2. The van der Waals surface area contributed by atoms with E-state index in [4.69, 9.17) is 5.26 Å². The Balaban J connectivity index is 1.57. The van der Waals surface area contributed by atoms with Gasteiger partial charge in [0.2, 0.25) is 5.91 Å². The molecule has 0 aliphatic carbocycles. The Hall–Kier alpha value is -1.86. The number of nitriles is 1. The van der Waals surface area contributed by atoms with Gasteiger partial charge in [-0.25, -0.2) is 0 Å². The third-order valence-electron chi connectivity index (χ3n) is 4.50. The number of rotatable bonds is 3. The van der Waals surface area contributed by atoms with Gasteiger partial charge in [0.25, 0.3) is 0 Å². The zero-order chi connectivity index (χ0) is 14.7. The van der Waals surface area contributed by atoms with E-state index in [9.17, 15) is 4.79 Å². The minimum Gasteiger partial charge on any atom is -0.342 e. The fourth-order valence-electron chi connectivity index (χ4n) is 3.37. The molecule has 0 spiro atoms. The van der Waals surface area contributed by atoms with Crippen molar-refractivity contribution in [2.24, 2.45) is 5.92 Å². The number of hydrogen-bond donors (Lipinski definition) is 0. The van der Waals surface area contributed by atoms with E-state index < -0.39 is 0 Å². The van der Waals surface area contributed by atoms with E-state index in [2.05, 4.69) is 17.0 Å². The first-order valence-corrected chi connectivity index (χ1v) is 7.76. The molecule has 2 fully saturated rings. The highest BCUT2D eigenvalue weighted by molar-refractivity contribution is 5.79. The topological polar surface area (TPSA) is 47.3 Å². The summed E-state index contributed by atoms with van der Waals surface area (Å²) in [6.45, 7) is 4.55. The molecular weight excluding hydrogens is 262 g/mol. The fourth-order valence-corrected chi connectivity index (χ4v) is 3.37. The van der Waals surface area contributed by atoms with E-state index in [0.29, 0.717) is 11.5 Å². The van der Waals surface area contributed by atoms with Gasteiger partial charge in [0, 0.05) is 26.2 Å². The molecule has 0 aromatic heterocycles. The van der Waals surface area contributed by atoms with Gasteiger partial charge in [-0.3, -0.25) is 9.69 Å². The number of carbonyl (C=O) groups excluding carboxylic acids is 1. The third kappa shape index (κ3) is 3.25. The molecule has 2 aliphatic rings. The molecule has 1 aromatic rings. The van der Waals surface area contributed by atoms with Crippen molar-refractivity contribution in [1.29, 1.82) is 5.26 Å². The highest BCUT2D eigenvalue weighted by atomic mass is 16.2. The second-order valence-electron chi connectivity index (χ2n) is 6.07. The molecule has 2 saturated heterocycles. The summed E-state index contributed by atoms with van der Waals surface area (Å²) in [7, 11) is 0. The second kappa shape index (κ2) is 6.28. The first-order chi connectivity index (χ1) is 10.3. The molecule has 1 atom stereocenters. The predicted molar refractivity (Wildman–Crippen MR) is 80.4 cm³/mol. The molecule has 110 valence electrons. The van der Waals surface area contributed by atoms with Gasteiger partial charge in [-0.05, 0) is 43.5 Å². The van der Waals surface area contributed by atoms with Gasteiger partial charge in [-0.15, -0.1) is 0 Å². The highest BCUT2D eigenvalue weighted by Gasteiger charge is 2.32. The molecule has 4 nitrogen and oxygen atoms in total. The molecule has 1 unspecified atom stereocenters. The quantitative estimate of drug-likeness (QED) is 0.852. The van der Waals surface area contributed by atoms with Crippen LogP contribution in [0.4, 0.5) is 0 Å². The molecule has 0 radical (unpaired) electrons. The zero-order valence-electron chi connectivity index (χ0n) is 12.3. The lowest BCUT2D eigenvalue weighted by Gasteiger charge is -2.20. The second-order valence-corrected chi connectivity index (χ2v) is 6.07. The number of nitrogens with zero attached hydrogens (tertiary/aromatic N) is 3. The molecule has 3 rings (SSSR count). The Labute approximate surface area is 126 Å². The Morgan fingerprint density at radius 3 is 2.86 bits per heavy atom. The van der Waals surface area contributed by atoms with E-state index in [-0.39, 0.29) is 5.92 Å². The maximum Gasteiger partial charge on any atom is 0.227 e. The van der Waals surface area contributed by atoms with Crippen molar-refractivity contribution in [2.75, 3.05) is 26.2 Å². The average molecular weight is 283 g/mol. The molecule has 4 heteroatoms. The van der Waals surface area contributed by atoms with Gasteiger partial charge in [0.1, 0.15) is 0 Å². The Morgan fingerprint density at radius 2 is 2.10 bits per heavy atom. The van der Waals surface area contributed by atoms with E-state index in [1.807, 2.05) is 23.1 Å². The van der Waals surface area contributed by atoms with E-state index in [1.54, 1.807) is 0 Å². The van der Waals surface area contributed by atoms with Crippen LogP contribution in [0.15, 0.2) is 24.3 Å². The lowest BCUT2D eigenvalue weighted by atomic mass is 10.1. The fraction of sp³-hybridized carbons (Fsp3) is 0.529. The van der Waals surface area contributed by atoms with Crippen LogP contribution in [-0.2, 0) is 11.3 Å². The van der Waals surface area contributed by atoms with Gasteiger partial charge in [-0.2, -0.15) is 5.26 Å². The average Bonchev–Trinajstić information content (AvgIpc) is 3.18. The first kappa shape index (κ1) is 14.1. The minimum absolute atomic E-state index is 0.169. The largest absolute Gasteiger partial charge is 0.342 e. The van der Waals surface area contributed by atoms with Crippen LogP contribution >= 0.6 is 0 Å². The van der Waals surface area contributed by atoms with E-state index in [0.717, 1.165) is 57.5 Å². The molecule has 1 amide bonds. The lowest BCUT2D eigenvalue weighted by molar-refractivity contribution is -0.134. The molecule has 2 aliphatic heterocycles. The van der Waals surface area contributed by atoms with E-state index >= 15 is 0 Å². The van der Waals surface area contributed by atoms with Crippen molar-refractivity contribution in [3.05, 3.63) is 35.4 Å². The maximum absolute atomic E-state index is 12.4. The standard InChI is InChI=1S/C17H21N3O/c18-11-14-4-3-5-15(10-14)12-19-9-6-16(13-19)17(21)20-7-1-2-8-20/h3-5,10,16H,1-2,6-9,12-13H2. The predicted octanol–water partition coefficient (Wildman–Crippen LogP) is 2.00. The normalized spacial score (nSPS) is 22.4. The summed E-state index contributed by atoms with van der Waals surface area (Å²) in [6, 6.07) is 9.92. The monoisotopic (exact) mass is 283 g/mol. The van der Waals surface area contributed by atoms with Gasteiger partial charge < -0.3 is 4.90 Å². The number of benzene rings is 1. The van der Waals surface area contributed by atoms with Crippen LogP contribution in [0.3, 0.4) is 0 Å². The number of carbonyl (C=O) groups is 1. The highest BCUT2D eigenvalue weighted by Crippen LogP contribution is 2.22. The lowest BCUT2D eigenvalue weighted by Crippen LogP contribution is -2.35.